The fraction of sp³-hybridized carbons (Fsp3) is 0.538. The second-order valence-corrected chi connectivity index (χ2v) is 5.51. The smallest absolute Gasteiger partial charge is 0.0993 e. The van der Waals surface area contributed by atoms with Gasteiger partial charge in [0.25, 0.3) is 0 Å². The van der Waals surface area contributed by atoms with E-state index in [1.54, 1.807) is 0 Å². The zero-order valence-corrected chi connectivity index (χ0v) is 12.1. The average molecular weight is 289 g/mol. The highest BCUT2D eigenvalue weighted by Gasteiger charge is 2.27. The first kappa shape index (κ1) is 14.1. The summed E-state index contributed by atoms with van der Waals surface area (Å²) in [6, 6.07) is 6.00. The summed E-state index contributed by atoms with van der Waals surface area (Å²) in [6.45, 7) is 2.48. The van der Waals surface area contributed by atoms with E-state index in [2.05, 4.69) is 24.3 Å². The van der Waals surface area contributed by atoms with Crippen LogP contribution in [0, 0.1) is 0 Å². The third kappa shape index (κ3) is 3.16. The molecule has 1 N–H and O–H groups in total. The lowest BCUT2D eigenvalue weighted by Gasteiger charge is -2.30. The predicted molar refractivity (Wildman–Crippen MR) is 75.5 cm³/mol. The molecule has 0 radical (unpaired) electrons. The molecule has 0 unspecified atom stereocenters. The van der Waals surface area contributed by atoms with Crippen molar-refractivity contribution in [1.29, 1.82) is 0 Å². The fourth-order valence-corrected chi connectivity index (χ4v) is 2.49. The Morgan fingerprint density at radius 2 is 2.06 bits per heavy atom. The number of likely N-dealkylation sites (N-methyl/N-ethyl adjacent to an activating group) is 1. The monoisotopic (exact) mass is 288 g/mol. The van der Waals surface area contributed by atoms with Gasteiger partial charge in [-0.2, -0.15) is 0 Å². The van der Waals surface area contributed by atoms with Crippen molar-refractivity contribution in [3.8, 4) is 0 Å². The summed E-state index contributed by atoms with van der Waals surface area (Å²) in [5, 5.41) is 4.53. The van der Waals surface area contributed by atoms with Gasteiger partial charge in [-0.05, 0) is 31.8 Å². The zero-order chi connectivity index (χ0) is 13.1. The van der Waals surface area contributed by atoms with Crippen molar-refractivity contribution < 1.29 is 4.74 Å². The van der Waals surface area contributed by atoms with Crippen LogP contribution >= 0.6 is 23.2 Å². The van der Waals surface area contributed by atoms with E-state index in [9.17, 15) is 0 Å². The van der Waals surface area contributed by atoms with Crippen molar-refractivity contribution in [1.82, 2.24) is 10.2 Å². The molecule has 3 nitrogen and oxygen atoms in total. The van der Waals surface area contributed by atoms with Gasteiger partial charge >= 0.3 is 0 Å². The maximum atomic E-state index is 6.08. The van der Waals surface area contributed by atoms with Gasteiger partial charge in [-0.1, -0.05) is 29.3 Å². The van der Waals surface area contributed by atoms with E-state index < -0.39 is 0 Å². The molecule has 0 saturated carbocycles. The van der Waals surface area contributed by atoms with Gasteiger partial charge in [-0.25, -0.2) is 0 Å². The van der Waals surface area contributed by atoms with Crippen molar-refractivity contribution in [2.75, 3.05) is 33.8 Å². The van der Waals surface area contributed by atoms with E-state index in [1.165, 1.54) is 0 Å². The van der Waals surface area contributed by atoms with E-state index in [-0.39, 0.29) is 12.1 Å². The number of ether oxygens (including phenoxy) is 1. The second kappa shape index (κ2) is 6.22. The van der Waals surface area contributed by atoms with Gasteiger partial charge < -0.3 is 15.0 Å². The van der Waals surface area contributed by atoms with Crippen molar-refractivity contribution in [2.45, 2.75) is 12.1 Å². The SMILES string of the molecule is CN(C)[C@@H]1CNCCO[C@H]1c1ccc(Cl)c(Cl)c1. The first-order chi connectivity index (χ1) is 8.59. The van der Waals surface area contributed by atoms with Crippen LogP contribution in [0.25, 0.3) is 0 Å². The summed E-state index contributed by atoms with van der Waals surface area (Å²) in [6.07, 6.45) is 0.0183. The normalized spacial score (nSPS) is 25.2. The molecule has 0 aromatic heterocycles. The molecule has 0 spiro atoms. The molecule has 1 saturated heterocycles. The summed E-state index contributed by atoms with van der Waals surface area (Å²) in [4.78, 5) is 2.17. The van der Waals surface area contributed by atoms with E-state index in [1.807, 2.05) is 18.2 Å². The Bertz CT molecular complexity index is 412. The third-order valence-electron chi connectivity index (χ3n) is 3.21. The summed E-state index contributed by atoms with van der Waals surface area (Å²) < 4.78 is 5.95. The summed E-state index contributed by atoms with van der Waals surface area (Å²) in [5.41, 5.74) is 1.08. The largest absolute Gasteiger partial charge is 0.371 e. The van der Waals surface area contributed by atoms with Crippen LogP contribution < -0.4 is 5.32 Å². The van der Waals surface area contributed by atoms with E-state index >= 15 is 0 Å². The number of rotatable bonds is 2. The molecule has 2 atom stereocenters. The summed E-state index contributed by atoms with van der Waals surface area (Å²) in [5.74, 6) is 0. The molecule has 1 aromatic rings. The molecule has 1 aliphatic rings. The first-order valence-corrected chi connectivity index (χ1v) is 6.79. The van der Waals surface area contributed by atoms with Gasteiger partial charge in [-0.3, -0.25) is 0 Å². The number of hydrogen-bond donors (Lipinski definition) is 1. The lowest BCUT2D eigenvalue weighted by atomic mass is 10.0. The van der Waals surface area contributed by atoms with Crippen LogP contribution in [0.4, 0.5) is 0 Å². The van der Waals surface area contributed by atoms with Crippen molar-refractivity contribution in [3.63, 3.8) is 0 Å². The molecule has 0 amide bonds. The van der Waals surface area contributed by atoms with E-state index in [4.69, 9.17) is 27.9 Å². The Kier molecular flexibility index (Phi) is 4.87. The topological polar surface area (TPSA) is 24.5 Å². The molecule has 5 heteroatoms. The molecule has 1 aliphatic heterocycles. The van der Waals surface area contributed by atoms with Gasteiger partial charge in [0.2, 0.25) is 0 Å². The lowest BCUT2D eigenvalue weighted by molar-refractivity contribution is 0.0164. The Morgan fingerprint density at radius 1 is 1.28 bits per heavy atom. The Balaban J connectivity index is 2.28. The average Bonchev–Trinajstić information content (AvgIpc) is 2.58. The Hall–Kier alpha value is -0.320. The molecule has 1 fully saturated rings. The second-order valence-electron chi connectivity index (χ2n) is 4.70. The van der Waals surface area contributed by atoms with Gasteiger partial charge in [0.05, 0.1) is 28.8 Å². The van der Waals surface area contributed by atoms with E-state index in [0.717, 1.165) is 18.7 Å². The molecule has 18 heavy (non-hydrogen) atoms. The number of nitrogens with zero attached hydrogens (tertiary/aromatic N) is 1. The number of hydrogen-bond acceptors (Lipinski definition) is 3. The first-order valence-electron chi connectivity index (χ1n) is 6.03. The Labute approximate surface area is 118 Å². The maximum absolute atomic E-state index is 6.08. The quantitative estimate of drug-likeness (QED) is 0.905. The molecule has 2 rings (SSSR count). The van der Waals surface area contributed by atoms with Crippen LogP contribution in [0.1, 0.15) is 11.7 Å². The minimum absolute atomic E-state index is 0.0183. The van der Waals surface area contributed by atoms with Crippen LogP contribution in [0.2, 0.25) is 10.0 Å². The maximum Gasteiger partial charge on any atom is 0.0993 e. The van der Waals surface area contributed by atoms with Gasteiger partial charge in [-0.15, -0.1) is 0 Å². The van der Waals surface area contributed by atoms with Crippen LogP contribution in [0.3, 0.4) is 0 Å². The Morgan fingerprint density at radius 3 is 2.72 bits per heavy atom. The highest BCUT2D eigenvalue weighted by molar-refractivity contribution is 6.42. The molecular formula is C13H18Cl2N2O. The number of benzene rings is 1. The molecule has 0 aliphatic carbocycles. The van der Waals surface area contributed by atoms with Crippen molar-refractivity contribution >= 4 is 23.2 Å². The lowest BCUT2D eigenvalue weighted by Crippen LogP contribution is -2.40. The van der Waals surface area contributed by atoms with Crippen LogP contribution in [0.5, 0.6) is 0 Å². The third-order valence-corrected chi connectivity index (χ3v) is 3.95. The number of halogens is 2. The molecule has 0 bridgehead atoms. The molecule has 100 valence electrons. The highest BCUT2D eigenvalue weighted by atomic mass is 35.5. The van der Waals surface area contributed by atoms with Crippen molar-refractivity contribution in [2.24, 2.45) is 0 Å². The van der Waals surface area contributed by atoms with Crippen LogP contribution in [0.15, 0.2) is 18.2 Å². The van der Waals surface area contributed by atoms with Gasteiger partial charge in [0, 0.05) is 13.1 Å². The fourth-order valence-electron chi connectivity index (χ4n) is 2.19. The van der Waals surface area contributed by atoms with E-state index in [0.29, 0.717) is 16.7 Å². The predicted octanol–water partition coefficient (Wildman–Crippen LogP) is 2.58. The van der Waals surface area contributed by atoms with Crippen LogP contribution in [-0.2, 0) is 4.74 Å². The molecule has 1 aromatic carbocycles. The van der Waals surface area contributed by atoms with Crippen molar-refractivity contribution in [3.05, 3.63) is 33.8 Å². The standard InChI is InChI=1S/C13H18Cl2N2O/c1-17(2)12-8-16-5-6-18-13(12)9-3-4-10(14)11(15)7-9/h3-4,7,12-13,16H,5-6,8H2,1-2H3/t12-,13+/m1/s1. The number of nitrogens with one attached hydrogen (secondary N) is 1. The van der Waals surface area contributed by atoms with Gasteiger partial charge in [0.15, 0.2) is 0 Å². The minimum atomic E-state index is 0.0183. The molecular weight excluding hydrogens is 271 g/mol. The summed E-state index contributed by atoms with van der Waals surface area (Å²) in [7, 11) is 4.12. The minimum Gasteiger partial charge on any atom is -0.371 e. The van der Waals surface area contributed by atoms with Gasteiger partial charge in [0.1, 0.15) is 0 Å². The zero-order valence-electron chi connectivity index (χ0n) is 10.6. The molecule has 1 heterocycles. The van der Waals surface area contributed by atoms with Crippen LogP contribution in [-0.4, -0.2) is 44.7 Å². The summed E-state index contributed by atoms with van der Waals surface area (Å²) >= 11 is 12.0. The highest BCUT2D eigenvalue weighted by Crippen LogP contribution is 2.30.